The second kappa shape index (κ2) is 7.23. The minimum Gasteiger partial charge on any atom is -0.462 e. The van der Waals surface area contributed by atoms with Gasteiger partial charge in [0.1, 0.15) is 6.10 Å². The topological polar surface area (TPSA) is 66.8 Å². The van der Waals surface area contributed by atoms with Gasteiger partial charge in [-0.25, -0.2) is 0 Å². The van der Waals surface area contributed by atoms with Gasteiger partial charge in [0.05, 0.1) is 18.6 Å². The van der Waals surface area contributed by atoms with Crippen LogP contribution in [-0.4, -0.2) is 34.5 Å². The number of ether oxygens (including phenoxy) is 1. The lowest BCUT2D eigenvalue weighted by atomic mass is 9.90. The molecule has 6 atom stereocenters. The van der Waals surface area contributed by atoms with E-state index in [1.54, 1.807) is 6.08 Å². The fourth-order valence-corrected chi connectivity index (χ4v) is 3.24. The number of carbonyl (C=O) groups excluding carboxylic acids is 1. The standard InChI is InChI=1S/C17H26O4/c1-3-4-5-6-11(2)14(18)8-7-12-13-9-17(20)21-16(13)10-15(12)19/h4-5,7-8,11-16,18-19H,3,6,9-10H2,1-2H3/b5-4-,8-7+/t11?,12-,13-,14-,15-,16+/m1/s1. The number of aliphatic hydroxyl groups is 2. The summed E-state index contributed by atoms with van der Waals surface area (Å²) in [5.74, 6) is -0.0606. The molecule has 2 rings (SSSR count). The van der Waals surface area contributed by atoms with E-state index in [-0.39, 0.29) is 29.8 Å². The third kappa shape index (κ3) is 3.95. The van der Waals surface area contributed by atoms with E-state index in [0.29, 0.717) is 12.8 Å². The molecule has 0 spiro atoms. The van der Waals surface area contributed by atoms with Crippen LogP contribution in [0.4, 0.5) is 0 Å². The molecule has 1 saturated heterocycles. The first-order valence-corrected chi connectivity index (χ1v) is 7.91. The van der Waals surface area contributed by atoms with Gasteiger partial charge in [0.15, 0.2) is 0 Å². The maximum Gasteiger partial charge on any atom is 0.306 e. The van der Waals surface area contributed by atoms with E-state index in [2.05, 4.69) is 19.1 Å². The summed E-state index contributed by atoms with van der Waals surface area (Å²) in [7, 11) is 0. The molecule has 0 aromatic carbocycles. The van der Waals surface area contributed by atoms with E-state index in [0.717, 1.165) is 12.8 Å². The Morgan fingerprint density at radius 2 is 2.19 bits per heavy atom. The van der Waals surface area contributed by atoms with Crippen LogP contribution < -0.4 is 0 Å². The molecule has 1 heterocycles. The van der Waals surface area contributed by atoms with Crippen LogP contribution in [-0.2, 0) is 9.53 Å². The zero-order valence-corrected chi connectivity index (χ0v) is 12.8. The Balaban J connectivity index is 1.90. The lowest BCUT2D eigenvalue weighted by molar-refractivity contribution is -0.141. The van der Waals surface area contributed by atoms with Crippen molar-refractivity contribution in [3.05, 3.63) is 24.3 Å². The summed E-state index contributed by atoms with van der Waals surface area (Å²) in [6.07, 6.45) is 9.39. The van der Waals surface area contributed by atoms with Crippen molar-refractivity contribution in [2.24, 2.45) is 17.8 Å². The summed E-state index contributed by atoms with van der Waals surface area (Å²) in [4.78, 5) is 11.3. The first-order valence-electron chi connectivity index (χ1n) is 7.91. The normalized spacial score (nSPS) is 35.3. The molecule has 4 heteroatoms. The molecule has 0 amide bonds. The monoisotopic (exact) mass is 294 g/mol. The maximum absolute atomic E-state index is 11.3. The van der Waals surface area contributed by atoms with E-state index in [4.69, 9.17) is 4.74 Å². The first kappa shape index (κ1) is 16.2. The van der Waals surface area contributed by atoms with Gasteiger partial charge in [-0.3, -0.25) is 4.79 Å². The minimum absolute atomic E-state index is 0.0613. The van der Waals surface area contributed by atoms with Crippen LogP contribution in [0.25, 0.3) is 0 Å². The molecule has 2 aliphatic rings. The van der Waals surface area contributed by atoms with Gasteiger partial charge >= 0.3 is 5.97 Å². The Bertz CT molecular complexity index is 415. The summed E-state index contributed by atoms with van der Waals surface area (Å²) >= 11 is 0. The van der Waals surface area contributed by atoms with Crippen molar-refractivity contribution in [3.63, 3.8) is 0 Å². The fourth-order valence-electron chi connectivity index (χ4n) is 3.24. The second-order valence-corrected chi connectivity index (χ2v) is 6.24. The molecule has 1 saturated carbocycles. The third-order valence-corrected chi connectivity index (χ3v) is 4.60. The van der Waals surface area contributed by atoms with Gasteiger partial charge in [-0.2, -0.15) is 0 Å². The smallest absolute Gasteiger partial charge is 0.306 e. The minimum atomic E-state index is -0.532. The Morgan fingerprint density at radius 3 is 2.90 bits per heavy atom. The molecule has 4 nitrogen and oxygen atoms in total. The lowest BCUT2D eigenvalue weighted by Crippen LogP contribution is -2.20. The third-order valence-electron chi connectivity index (χ3n) is 4.60. The molecule has 0 aromatic rings. The highest BCUT2D eigenvalue weighted by molar-refractivity contribution is 5.72. The van der Waals surface area contributed by atoms with E-state index in [1.807, 2.05) is 13.0 Å². The van der Waals surface area contributed by atoms with Gasteiger partial charge in [-0.1, -0.05) is 38.2 Å². The molecule has 0 aromatic heterocycles. The second-order valence-electron chi connectivity index (χ2n) is 6.24. The number of carbonyl (C=O) groups is 1. The predicted molar refractivity (Wildman–Crippen MR) is 80.5 cm³/mol. The molecule has 1 unspecified atom stereocenters. The zero-order valence-electron chi connectivity index (χ0n) is 12.8. The molecule has 1 aliphatic heterocycles. The molecule has 2 fully saturated rings. The van der Waals surface area contributed by atoms with Crippen LogP contribution in [0.2, 0.25) is 0 Å². The van der Waals surface area contributed by atoms with Crippen LogP contribution >= 0.6 is 0 Å². The Hall–Kier alpha value is -1.13. The largest absolute Gasteiger partial charge is 0.462 e. The van der Waals surface area contributed by atoms with Gasteiger partial charge in [0.25, 0.3) is 0 Å². The Labute approximate surface area is 126 Å². The molecular formula is C17H26O4. The molecule has 118 valence electrons. The van der Waals surface area contributed by atoms with E-state index < -0.39 is 12.2 Å². The summed E-state index contributed by atoms with van der Waals surface area (Å²) in [5, 5.41) is 20.2. The van der Waals surface area contributed by atoms with Crippen molar-refractivity contribution in [1.29, 1.82) is 0 Å². The number of aliphatic hydroxyl groups excluding tert-OH is 2. The summed E-state index contributed by atoms with van der Waals surface area (Å²) in [6, 6.07) is 0. The predicted octanol–water partition coefficient (Wildman–Crippen LogP) is 2.21. The van der Waals surface area contributed by atoms with E-state index in [9.17, 15) is 15.0 Å². The molecule has 2 N–H and O–H groups in total. The quantitative estimate of drug-likeness (QED) is 0.582. The van der Waals surface area contributed by atoms with E-state index in [1.165, 1.54) is 0 Å². The highest BCUT2D eigenvalue weighted by Gasteiger charge is 2.48. The number of hydrogen-bond donors (Lipinski definition) is 2. The van der Waals surface area contributed by atoms with Gasteiger partial charge in [-0.15, -0.1) is 0 Å². The molecule has 0 radical (unpaired) electrons. The van der Waals surface area contributed by atoms with Crippen LogP contribution in [0, 0.1) is 17.8 Å². The van der Waals surface area contributed by atoms with Crippen LogP contribution in [0.1, 0.15) is 39.5 Å². The molecule has 21 heavy (non-hydrogen) atoms. The highest BCUT2D eigenvalue weighted by Crippen LogP contribution is 2.42. The van der Waals surface area contributed by atoms with Crippen molar-refractivity contribution in [2.75, 3.05) is 0 Å². The zero-order chi connectivity index (χ0) is 15.4. The Morgan fingerprint density at radius 1 is 1.43 bits per heavy atom. The first-order chi connectivity index (χ1) is 10.0. The average molecular weight is 294 g/mol. The van der Waals surface area contributed by atoms with Crippen molar-refractivity contribution in [2.45, 2.75) is 57.8 Å². The van der Waals surface area contributed by atoms with Crippen molar-refractivity contribution in [1.82, 2.24) is 0 Å². The number of esters is 1. The number of allylic oxidation sites excluding steroid dienone is 2. The lowest BCUT2D eigenvalue weighted by Gasteiger charge is -2.17. The van der Waals surface area contributed by atoms with Gasteiger partial charge in [0, 0.05) is 18.3 Å². The van der Waals surface area contributed by atoms with Crippen molar-refractivity contribution >= 4 is 5.97 Å². The van der Waals surface area contributed by atoms with E-state index >= 15 is 0 Å². The van der Waals surface area contributed by atoms with Gasteiger partial charge in [0.2, 0.25) is 0 Å². The number of rotatable bonds is 6. The maximum atomic E-state index is 11.3. The SMILES string of the molecule is CC/C=C\CC(C)[C@H](O)/C=C/[C@@H]1[C@H]2CC(=O)O[C@H]2C[C@H]1O. The summed E-state index contributed by atoms with van der Waals surface area (Å²) in [6.45, 7) is 4.09. The average Bonchev–Trinajstić information content (AvgIpc) is 2.91. The molecular weight excluding hydrogens is 268 g/mol. The summed E-state index contributed by atoms with van der Waals surface area (Å²) in [5.41, 5.74) is 0. The fraction of sp³-hybridized carbons (Fsp3) is 0.706. The van der Waals surface area contributed by atoms with Crippen molar-refractivity contribution < 1.29 is 19.7 Å². The summed E-state index contributed by atoms with van der Waals surface area (Å²) < 4.78 is 5.20. The Kier molecular flexibility index (Phi) is 5.59. The van der Waals surface area contributed by atoms with Crippen LogP contribution in [0.3, 0.4) is 0 Å². The van der Waals surface area contributed by atoms with Crippen LogP contribution in [0.15, 0.2) is 24.3 Å². The van der Waals surface area contributed by atoms with Gasteiger partial charge < -0.3 is 14.9 Å². The van der Waals surface area contributed by atoms with Gasteiger partial charge in [-0.05, 0) is 18.8 Å². The van der Waals surface area contributed by atoms with Crippen LogP contribution in [0.5, 0.6) is 0 Å². The molecule has 1 aliphatic carbocycles. The number of fused-ring (bicyclic) bond motifs is 1. The molecule has 0 bridgehead atoms. The number of hydrogen-bond acceptors (Lipinski definition) is 4. The highest BCUT2D eigenvalue weighted by atomic mass is 16.6. The van der Waals surface area contributed by atoms with Crippen molar-refractivity contribution in [3.8, 4) is 0 Å².